The van der Waals surface area contributed by atoms with Crippen LogP contribution >= 0.6 is 0 Å². The summed E-state index contributed by atoms with van der Waals surface area (Å²) in [7, 11) is 1.27. The van der Waals surface area contributed by atoms with Gasteiger partial charge < -0.3 is 9.73 Å². The van der Waals surface area contributed by atoms with Crippen molar-refractivity contribution in [3.63, 3.8) is 0 Å². The van der Waals surface area contributed by atoms with Crippen LogP contribution < -0.4 is 11.1 Å². The van der Waals surface area contributed by atoms with Gasteiger partial charge in [-0.15, -0.1) is 5.10 Å². The molecule has 35 heavy (non-hydrogen) atoms. The number of nitrogens with one attached hydrogen (secondary N) is 1. The third kappa shape index (κ3) is 4.54. The van der Waals surface area contributed by atoms with E-state index in [2.05, 4.69) is 15.4 Å². The predicted molar refractivity (Wildman–Crippen MR) is 114 cm³/mol. The number of rotatable bonds is 4. The first kappa shape index (κ1) is 23.8. The molecule has 0 aliphatic heterocycles. The molecule has 7 nitrogen and oxygen atoms in total. The Bertz CT molecular complexity index is 1490. The topological polar surface area (TPSA) is 90.0 Å². The van der Waals surface area contributed by atoms with Crippen LogP contribution in [-0.2, 0) is 13.2 Å². The molecular weight excluding hydrogens is 475 g/mol. The number of halogens is 5. The summed E-state index contributed by atoms with van der Waals surface area (Å²) >= 11 is 0. The van der Waals surface area contributed by atoms with Gasteiger partial charge in [0.1, 0.15) is 11.5 Å². The van der Waals surface area contributed by atoms with Crippen LogP contribution in [0.5, 0.6) is 0 Å². The Morgan fingerprint density at radius 2 is 1.77 bits per heavy atom. The highest BCUT2D eigenvalue weighted by atomic mass is 19.4. The number of carbonyl (C=O) groups is 1. The van der Waals surface area contributed by atoms with E-state index in [-0.39, 0.29) is 22.6 Å². The molecule has 2 aromatic heterocycles. The number of nitrogens with zero attached hydrogens (tertiary/aromatic N) is 3. The van der Waals surface area contributed by atoms with Gasteiger partial charge in [0.15, 0.2) is 11.5 Å². The van der Waals surface area contributed by atoms with Crippen molar-refractivity contribution in [2.45, 2.75) is 13.1 Å². The number of alkyl halides is 3. The molecular formula is C23H15F5N4O3. The van der Waals surface area contributed by atoms with Gasteiger partial charge in [-0.1, -0.05) is 18.2 Å². The number of benzene rings is 2. The van der Waals surface area contributed by atoms with Crippen molar-refractivity contribution in [3.8, 4) is 22.6 Å². The molecule has 180 valence electrons. The highest BCUT2D eigenvalue weighted by Crippen LogP contribution is 2.40. The van der Waals surface area contributed by atoms with Gasteiger partial charge in [-0.05, 0) is 42.3 Å². The number of aromatic nitrogens is 3. The molecule has 2 heterocycles. The van der Waals surface area contributed by atoms with E-state index in [0.717, 1.165) is 23.9 Å². The molecule has 4 rings (SSSR count). The summed E-state index contributed by atoms with van der Waals surface area (Å²) < 4.78 is 76.9. The molecule has 0 bridgehead atoms. The van der Waals surface area contributed by atoms with Crippen molar-refractivity contribution in [2.75, 3.05) is 5.32 Å². The molecule has 0 saturated heterocycles. The molecule has 12 heteroatoms. The lowest BCUT2D eigenvalue weighted by molar-refractivity contribution is -0.140. The smallest absolute Gasteiger partial charge is 0.388 e. The van der Waals surface area contributed by atoms with Gasteiger partial charge in [-0.25, -0.2) is 13.6 Å². The second kappa shape index (κ2) is 8.78. The van der Waals surface area contributed by atoms with Crippen LogP contribution in [0.4, 0.5) is 27.6 Å². The normalized spacial score (nSPS) is 11.5. The third-order valence-corrected chi connectivity index (χ3v) is 5.12. The van der Waals surface area contributed by atoms with Crippen LogP contribution in [0.2, 0.25) is 0 Å². The number of amides is 1. The van der Waals surface area contributed by atoms with E-state index in [1.165, 1.54) is 19.2 Å². The Hall–Kier alpha value is -4.35. The van der Waals surface area contributed by atoms with E-state index in [0.29, 0.717) is 6.07 Å². The average molecular weight is 490 g/mol. The Labute approximate surface area is 193 Å². The number of aryl methyl sites for hydroxylation is 1. The molecule has 0 aliphatic carbocycles. The molecule has 1 amide bonds. The molecule has 0 aliphatic rings. The van der Waals surface area contributed by atoms with Gasteiger partial charge >= 0.3 is 11.9 Å². The zero-order chi connectivity index (χ0) is 25.5. The molecule has 0 saturated carbocycles. The molecule has 0 fully saturated rings. The largest absolute Gasteiger partial charge is 0.437 e. The van der Waals surface area contributed by atoms with Gasteiger partial charge in [0.05, 0.1) is 5.56 Å². The second-order valence-electron chi connectivity index (χ2n) is 7.45. The monoisotopic (exact) mass is 490 g/mol. The van der Waals surface area contributed by atoms with Gasteiger partial charge in [0, 0.05) is 24.4 Å². The quantitative estimate of drug-likeness (QED) is 0.409. The number of hydrogen-bond acceptors (Lipinski definition) is 5. The summed E-state index contributed by atoms with van der Waals surface area (Å²) in [6.07, 6.45) is -4.19. The SMILES string of the molecule is Cc1c(-c2cc(-c3nn(C)c(=O)o3)cnc2C(F)(F)F)cc(F)c(NC(=O)c2ccccc2)c1F. The predicted octanol–water partition coefficient (Wildman–Crippen LogP) is 4.96. The fourth-order valence-electron chi connectivity index (χ4n) is 3.36. The van der Waals surface area contributed by atoms with Crippen molar-refractivity contribution in [1.82, 2.24) is 14.8 Å². The van der Waals surface area contributed by atoms with Gasteiger partial charge in [0.2, 0.25) is 0 Å². The zero-order valence-corrected chi connectivity index (χ0v) is 18.1. The number of carbonyl (C=O) groups excluding carboxylic acids is 1. The molecule has 4 aromatic rings. The summed E-state index contributed by atoms with van der Waals surface area (Å²) in [6, 6.07) is 9.20. The highest BCUT2D eigenvalue weighted by Gasteiger charge is 2.37. The summed E-state index contributed by atoms with van der Waals surface area (Å²) in [5, 5.41) is 5.88. The minimum absolute atomic E-state index is 0.118. The summed E-state index contributed by atoms with van der Waals surface area (Å²) in [4.78, 5) is 27.3. The van der Waals surface area contributed by atoms with Crippen LogP contribution in [0.3, 0.4) is 0 Å². The Morgan fingerprint density at radius 1 is 1.09 bits per heavy atom. The van der Waals surface area contributed by atoms with Crippen molar-refractivity contribution in [2.24, 2.45) is 7.05 Å². The number of pyridine rings is 1. The zero-order valence-electron chi connectivity index (χ0n) is 18.1. The lowest BCUT2D eigenvalue weighted by Gasteiger charge is -2.17. The van der Waals surface area contributed by atoms with Crippen LogP contribution in [0.25, 0.3) is 22.6 Å². The Kier molecular flexibility index (Phi) is 5.97. The first-order chi connectivity index (χ1) is 16.5. The fourth-order valence-corrected chi connectivity index (χ4v) is 3.36. The fraction of sp³-hybridized carbons (Fsp3) is 0.130. The summed E-state index contributed by atoms with van der Waals surface area (Å²) in [6.45, 7) is 1.13. The van der Waals surface area contributed by atoms with Crippen LogP contribution in [0.15, 0.2) is 57.9 Å². The molecule has 2 aromatic carbocycles. The molecule has 0 spiro atoms. The maximum absolute atomic E-state index is 15.2. The lowest BCUT2D eigenvalue weighted by atomic mass is 9.96. The number of anilines is 1. The van der Waals surface area contributed by atoms with Crippen LogP contribution in [0, 0.1) is 18.6 Å². The summed E-state index contributed by atoms with van der Waals surface area (Å²) in [5.41, 5.74) is -3.72. The van der Waals surface area contributed by atoms with Crippen molar-refractivity contribution in [3.05, 3.63) is 87.7 Å². The molecule has 1 N–H and O–H groups in total. The molecule has 0 unspecified atom stereocenters. The lowest BCUT2D eigenvalue weighted by Crippen LogP contribution is -2.15. The highest BCUT2D eigenvalue weighted by molar-refractivity contribution is 6.04. The van der Waals surface area contributed by atoms with Gasteiger partial charge in [0.25, 0.3) is 11.8 Å². The van der Waals surface area contributed by atoms with E-state index in [1.54, 1.807) is 18.2 Å². The minimum Gasteiger partial charge on any atom is -0.388 e. The van der Waals surface area contributed by atoms with E-state index < -0.39 is 52.0 Å². The molecule has 0 radical (unpaired) electrons. The van der Waals surface area contributed by atoms with E-state index in [9.17, 15) is 27.2 Å². The van der Waals surface area contributed by atoms with E-state index in [1.807, 2.05) is 0 Å². The van der Waals surface area contributed by atoms with Gasteiger partial charge in [-0.3, -0.25) is 9.78 Å². The van der Waals surface area contributed by atoms with Crippen molar-refractivity contribution >= 4 is 11.6 Å². The first-order valence-corrected chi connectivity index (χ1v) is 9.94. The first-order valence-electron chi connectivity index (χ1n) is 9.94. The Morgan fingerprint density at radius 3 is 2.37 bits per heavy atom. The second-order valence-corrected chi connectivity index (χ2v) is 7.45. The van der Waals surface area contributed by atoms with Gasteiger partial charge in [-0.2, -0.15) is 17.9 Å². The van der Waals surface area contributed by atoms with Crippen molar-refractivity contribution in [1.29, 1.82) is 0 Å². The number of hydrogen-bond donors (Lipinski definition) is 1. The van der Waals surface area contributed by atoms with E-state index in [4.69, 9.17) is 4.42 Å². The Balaban J connectivity index is 1.85. The van der Waals surface area contributed by atoms with E-state index >= 15 is 4.39 Å². The maximum atomic E-state index is 15.2. The minimum atomic E-state index is -4.97. The third-order valence-electron chi connectivity index (χ3n) is 5.12. The van der Waals surface area contributed by atoms with Crippen molar-refractivity contribution < 1.29 is 31.2 Å². The summed E-state index contributed by atoms with van der Waals surface area (Å²) in [5.74, 6) is -4.55. The average Bonchev–Trinajstić information content (AvgIpc) is 3.16. The maximum Gasteiger partial charge on any atom is 0.437 e. The van der Waals surface area contributed by atoms with Crippen LogP contribution in [-0.4, -0.2) is 20.7 Å². The van der Waals surface area contributed by atoms with Crippen LogP contribution in [0.1, 0.15) is 21.6 Å². The molecule has 0 atom stereocenters. The standard InChI is InChI=1S/C23H15F5N4O3/c1-11-14(9-16(24)18(17(11)25)30-20(33)12-6-4-3-5-7-12)15-8-13(10-29-19(15)23(26,27)28)21-31-32(2)22(34)35-21/h3-10H,1-2H3,(H,30,33).